The van der Waals surface area contributed by atoms with Crippen molar-refractivity contribution in [3.63, 3.8) is 0 Å². The normalized spacial score (nSPS) is 24.7. The Balaban J connectivity index is 1.15. The van der Waals surface area contributed by atoms with Crippen molar-refractivity contribution in [3.8, 4) is 11.4 Å². The topological polar surface area (TPSA) is 102 Å². The number of rotatable bonds is 5. The second-order valence-electron chi connectivity index (χ2n) is 12.2. The van der Waals surface area contributed by atoms with Crippen molar-refractivity contribution in [2.45, 2.75) is 56.3 Å². The molecule has 3 atom stereocenters. The van der Waals surface area contributed by atoms with Crippen LogP contribution in [0.2, 0.25) is 0 Å². The fourth-order valence-corrected chi connectivity index (χ4v) is 6.88. The molecular weight excluding hydrogens is 605 g/mol. The number of ether oxygens (including phenoxy) is 3. The van der Waals surface area contributed by atoms with Crippen LogP contribution in [0.25, 0.3) is 5.69 Å². The molecule has 5 heterocycles. The molecule has 0 spiro atoms. The minimum Gasteiger partial charge on any atom is -0.491 e. The van der Waals surface area contributed by atoms with Crippen LogP contribution in [-0.2, 0) is 27.1 Å². The quantitative estimate of drug-likeness (QED) is 0.420. The van der Waals surface area contributed by atoms with Crippen molar-refractivity contribution >= 4 is 11.8 Å². The van der Waals surface area contributed by atoms with Crippen molar-refractivity contribution in [3.05, 3.63) is 71.5 Å². The van der Waals surface area contributed by atoms with Crippen molar-refractivity contribution in [1.82, 2.24) is 29.7 Å². The molecule has 3 saturated heterocycles. The molecule has 0 radical (unpaired) electrons. The first-order chi connectivity index (χ1) is 22.2. The Morgan fingerprint density at radius 2 is 1.76 bits per heavy atom. The molecule has 2 aromatic carbocycles. The maximum absolute atomic E-state index is 14.2. The lowest BCUT2D eigenvalue weighted by Gasteiger charge is -2.46. The number of hydrogen-bond donors (Lipinski definition) is 0. The van der Waals surface area contributed by atoms with E-state index >= 15 is 0 Å². The van der Waals surface area contributed by atoms with Crippen LogP contribution in [-0.4, -0.2) is 112 Å². The molecule has 0 unspecified atom stereocenters. The van der Waals surface area contributed by atoms with Gasteiger partial charge in [-0.2, -0.15) is 13.2 Å². The summed E-state index contributed by atoms with van der Waals surface area (Å²) in [5.74, 6) is -0.874. The second kappa shape index (κ2) is 12.6. The average molecular weight is 641 g/mol. The van der Waals surface area contributed by atoms with Crippen LogP contribution in [0.5, 0.6) is 5.75 Å². The fourth-order valence-electron chi connectivity index (χ4n) is 6.88. The molecule has 4 aliphatic rings. The molecule has 3 fully saturated rings. The first-order valence-electron chi connectivity index (χ1n) is 15.6. The third-order valence-corrected chi connectivity index (χ3v) is 9.31. The van der Waals surface area contributed by atoms with Crippen LogP contribution >= 0.6 is 0 Å². The summed E-state index contributed by atoms with van der Waals surface area (Å²) in [6, 6.07) is 11.5. The van der Waals surface area contributed by atoms with Gasteiger partial charge in [0, 0.05) is 51.9 Å². The van der Waals surface area contributed by atoms with Gasteiger partial charge in [-0.3, -0.25) is 14.5 Å². The van der Waals surface area contributed by atoms with Gasteiger partial charge < -0.3 is 24.0 Å². The number of hydrogen-bond acceptors (Lipinski definition) is 8. The molecular formula is C32H35F3N6O5. The lowest BCUT2D eigenvalue weighted by Crippen LogP contribution is -2.62. The number of para-hydroxylation sites is 1. The van der Waals surface area contributed by atoms with E-state index in [1.165, 1.54) is 11.0 Å². The van der Waals surface area contributed by atoms with Crippen LogP contribution < -0.4 is 4.74 Å². The summed E-state index contributed by atoms with van der Waals surface area (Å²) in [4.78, 5) is 33.7. The Labute approximate surface area is 263 Å². The van der Waals surface area contributed by atoms with Crippen LogP contribution in [0.1, 0.15) is 40.9 Å². The van der Waals surface area contributed by atoms with E-state index in [4.69, 9.17) is 14.2 Å². The molecule has 4 aliphatic heterocycles. The Hall–Kier alpha value is -4.01. The van der Waals surface area contributed by atoms with Crippen molar-refractivity contribution in [2.75, 3.05) is 46.0 Å². The largest absolute Gasteiger partial charge is 0.491 e. The van der Waals surface area contributed by atoms with E-state index in [9.17, 15) is 22.8 Å². The maximum atomic E-state index is 14.2. The van der Waals surface area contributed by atoms with Gasteiger partial charge in [-0.15, -0.1) is 5.10 Å². The van der Waals surface area contributed by atoms with Gasteiger partial charge >= 0.3 is 6.18 Å². The van der Waals surface area contributed by atoms with Gasteiger partial charge in [-0.25, -0.2) is 4.68 Å². The predicted octanol–water partition coefficient (Wildman–Crippen LogP) is 3.17. The summed E-state index contributed by atoms with van der Waals surface area (Å²) in [5, 5.41) is 8.34. The molecule has 14 heteroatoms. The molecule has 244 valence electrons. The zero-order valence-electron chi connectivity index (χ0n) is 25.1. The van der Waals surface area contributed by atoms with E-state index in [1.54, 1.807) is 15.8 Å². The van der Waals surface area contributed by atoms with Gasteiger partial charge in [0.05, 0.1) is 41.8 Å². The summed E-state index contributed by atoms with van der Waals surface area (Å²) in [5.41, 5.74) is 0.221. The van der Waals surface area contributed by atoms with E-state index in [0.717, 1.165) is 30.7 Å². The number of piperazine rings is 1. The number of carbonyl (C=O) groups is 2. The molecule has 11 nitrogen and oxygen atoms in total. The summed E-state index contributed by atoms with van der Waals surface area (Å²) in [7, 11) is 0. The van der Waals surface area contributed by atoms with E-state index < -0.39 is 29.8 Å². The van der Waals surface area contributed by atoms with Crippen molar-refractivity contribution in [1.29, 1.82) is 0 Å². The number of nitrogens with zero attached hydrogens (tertiary/aromatic N) is 6. The summed E-state index contributed by atoms with van der Waals surface area (Å²) in [6.45, 7) is 3.24. The number of aromatic nitrogens is 3. The highest BCUT2D eigenvalue weighted by atomic mass is 19.4. The molecule has 0 N–H and O–H groups in total. The number of halogens is 3. The smallest absolute Gasteiger partial charge is 0.416 e. The third-order valence-electron chi connectivity index (χ3n) is 9.31. The van der Waals surface area contributed by atoms with E-state index in [-0.39, 0.29) is 49.4 Å². The maximum Gasteiger partial charge on any atom is 0.416 e. The molecule has 0 aliphatic carbocycles. The Morgan fingerprint density at radius 3 is 2.54 bits per heavy atom. The summed E-state index contributed by atoms with van der Waals surface area (Å²) >= 11 is 0. The van der Waals surface area contributed by atoms with E-state index in [2.05, 4.69) is 15.2 Å². The monoisotopic (exact) mass is 640 g/mol. The highest BCUT2D eigenvalue weighted by molar-refractivity contribution is 6.00. The summed E-state index contributed by atoms with van der Waals surface area (Å²) in [6.07, 6.45) is -1.45. The highest BCUT2D eigenvalue weighted by Crippen LogP contribution is 2.36. The molecule has 7 rings (SSSR count). The van der Waals surface area contributed by atoms with Gasteiger partial charge in [-0.05, 0) is 43.2 Å². The molecule has 0 bridgehead atoms. The average Bonchev–Trinajstić information content (AvgIpc) is 3.73. The van der Waals surface area contributed by atoms with Gasteiger partial charge in [-0.1, -0.05) is 23.4 Å². The zero-order valence-corrected chi connectivity index (χ0v) is 25.1. The predicted molar refractivity (Wildman–Crippen MR) is 157 cm³/mol. The van der Waals surface area contributed by atoms with Crippen LogP contribution in [0, 0.1) is 0 Å². The standard InChI is InChI=1S/C32H35F3N6O5/c33-32(34,35)21-6-7-29-27(14-21)30(42)40-18-26(45-19-22-16-41(37-36-22)24-4-2-1-3-5-24)15-28(40)31(43)39-11-10-38(17-25(39)20-46-29)23-8-12-44-13-9-23/h1-7,14,16,23,25-26,28H,8-13,15,17-20H2/t25-,26+,28-/m0/s1. The Morgan fingerprint density at radius 1 is 0.957 bits per heavy atom. The first-order valence-corrected chi connectivity index (χ1v) is 15.6. The van der Waals surface area contributed by atoms with Gasteiger partial charge in [0.1, 0.15) is 24.1 Å². The molecule has 0 saturated carbocycles. The third kappa shape index (κ3) is 6.20. The fraction of sp³-hybridized carbons (Fsp3) is 0.500. The number of alkyl halides is 3. The molecule has 2 amide bonds. The lowest BCUT2D eigenvalue weighted by atomic mass is 10.0. The SMILES string of the molecule is O=C1[C@@H]2C[C@@H](OCc3cn(-c4ccccc4)nn3)CN2C(=O)c2cc(C(F)(F)F)ccc2OC[C@@H]2CN(C3CCOCC3)CCN12. The summed E-state index contributed by atoms with van der Waals surface area (Å²) < 4.78 is 60.6. The first kappa shape index (κ1) is 30.6. The highest BCUT2D eigenvalue weighted by Gasteiger charge is 2.46. The molecule has 46 heavy (non-hydrogen) atoms. The Bertz CT molecular complexity index is 1560. The Kier molecular flexibility index (Phi) is 8.42. The van der Waals surface area contributed by atoms with Crippen LogP contribution in [0.3, 0.4) is 0 Å². The van der Waals surface area contributed by atoms with E-state index in [0.29, 0.717) is 44.6 Å². The van der Waals surface area contributed by atoms with Gasteiger partial charge in [0.2, 0.25) is 5.91 Å². The van der Waals surface area contributed by atoms with Crippen LogP contribution in [0.4, 0.5) is 13.2 Å². The molecule has 3 aromatic rings. The number of benzene rings is 2. The van der Waals surface area contributed by atoms with E-state index in [1.807, 2.05) is 30.3 Å². The van der Waals surface area contributed by atoms with Gasteiger partial charge in [0.15, 0.2) is 0 Å². The van der Waals surface area contributed by atoms with Crippen molar-refractivity contribution in [2.24, 2.45) is 0 Å². The minimum absolute atomic E-state index is 0.0322. The zero-order chi connectivity index (χ0) is 31.8. The van der Waals surface area contributed by atoms with Crippen molar-refractivity contribution < 1.29 is 37.0 Å². The minimum atomic E-state index is -4.65. The molecule has 1 aromatic heterocycles. The number of carbonyl (C=O) groups excluding carboxylic acids is 2. The lowest BCUT2D eigenvalue weighted by molar-refractivity contribution is -0.143. The second-order valence-corrected chi connectivity index (χ2v) is 12.2. The van der Waals surface area contributed by atoms with Gasteiger partial charge in [0.25, 0.3) is 5.91 Å². The van der Waals surface area contributed by atoms with Crippen LogP contribution in [0.15, 0.2) is 54.7 Å². The number of amides is 2. The number of fused-ring (bicyclic) bond motifs is 3.